The zero-order valence-corrected chi connectivity index (χ0v) is 16.8. The van der Waals surface area contributed by atoms with Gasteiger partial charge < -0.3 is 24.4 Å². The van der Waals surface area contributed by atoms with E-state index in [9.17, 15) is 4.79 Å². The van der Waals surface area contributed by atoms with Crippen LogP contribution >= 0.6 is 0 Å². The van der Waals surface area contributed by atoms with Crippen LogP contribution in [0.15, 0.2) is 36.4 Å². The summed E-state index contributed by atoms with van der Waals surface area (Å²) in [6.07, 6.45) is 0. The Morgan fingerprint density at radius 2 is 1.56 bits per heavy atom. The average Bonchev–Trinajstić information content (AvgIpc) is 2.67. The lowest BCUT2D eigenvalue weighted by Crippen LogP contribution is -2.34. The number of carbonyl (C=O) groups is 1. The van der Waals surface area contributed by atoms with Crippen LogP contribution in [0.2, 0.25) is 0 Å². The lowest BCUT2D eigenvalue weighted by molar-refractivity contribution is 0.0941. The van der Waals surface area contributed by atoms with Gasteiger partial charge in [0, 0.05) is 12.1 Å². The van der Waals surface area contributed by atoms with Gasteiger partial charge in [-0.3, -0.25) is 4.79 Å². The number of hydrogen-bond donors (Lipinski definition) is 1. The molecule has 1 atom stereocenters. The zero-order chi connectivity index (χ0) is 20.0. The van der Waals surface area contributed by atoms with E-state index in [0.717, 1.165) is 5.56 Å². The molecule has 0 spiro atoms. The highest BCUT2D eigenvalue weighted by Crippen LogP contribution is 2.38. The third kappa shape index (κ3) is 4.92. The van der Waals surface area contributed by atoms with Gasteiger partial charge in [-0.2, -0.15) is 0 Å². The van der Waals surface area contributed by atoms with Crippen LogP contribution in [0.3, 0.4) is 0 Å². The maximum absolute atomic E-state index is 12.7. The molecule has 146 valence electrons. The van der Waals surface area contributed by atoms with Crippen molar-refractivity contribution in [3.05, 3.63) is 53.1 Å². The quantitative estimate of drug-likeness (QED) is 0.772. The van der Waals surface area contributed by atoms with Crippen LogP contribution in [-0.4, -0.2) is 52.8 Å². The van der Waals surface area contributed by atoms with Crippen LogP contribution in [0, 0.1) is 6.92 Å². The molecular weight excluding hydrogens is 344 g/mol. The first-order valence-electron chi connectivity index (χ1n) is 8.72. The summed E-state index contributed by atoms with van der Waals surface area (Å²) in [4.78, 5) is 14.8. The standard InChI is InChI=1S/C21H28N2O4/c1-14-7-9-15(10-8-14)17(23(2)3)13-22-21(24)16-11-18(25-4)20(27-6)19(12-16)26-5/h7-12,17H,13H2,1-6H3,(H,22,24)/t17-/m1/s1. The first-order valence-corrected chi connectivity index (χ1v) is 8.72. The second kappa shape index (κ2) is 9.28. The van der Waals surface area contributed by atoms with Gasteiger partial charge in [-0.05, 0) is 38.7 Å². The van der Waals surface area contributed by atoms with E-state index in [0.29, 0.717) is 29.4 Å². The highest BCUT2D eigenvalue weighted by molar-refractivity contribution is 5.95. The molecule has 0 aromatic heterocycles. The Labute approximate surface area is 161 Å². The number of ether oxygens (including phenoxy) is 3. The van der Waals surface area contributed by atoms with E-state index in [1.165, 1.54) is 26.9 Å². The fraction of sp³-hybridized carbons (Fsp3) is 0.381. The Bertz CT molecular complexity index is 747. The number of benzene rings is 2. The third-order valence-corrected chi connectivity index (χ3v) is 4.47. The summed E-state index contributed by atoms with van der Waals surface area (Å²) in [5.74, 6) is 1.16. The number of carbonyl (C=O) groups excluding carboxylic acids is 1. The van der Waals surface area contributed by atoms with E-state index >= 15 is 0 Å². The van der Waals surface area contributed by atoms with Gasteiger partial charge in [0.2, 0.25) is 5.75 Å². The molecule has 0 bridgehead atoms. The topological polar surface area (TPSA) is 60.0 Å². The SMILES string of the molecule is COc1cc(C(=O)NC[C@H](c2ccc(C)cc2)N(C)C)cc(OC)c1OC. The molecule has 2 aromatic carbocycles. The molecule has 0 aliphatic carbocycles. The number of rotatable bonds is 8. The van der Waals surface area contributed by atoms with Gasteiger partial charge in [-0.15, -0.1) is 0 Å². The van der Waals surface area contributed by atoms with Crippen LogP contribution in [0.1, 0.15) is 27.5 Å². The molecule has 6 nitrogen and oxygen atoms in total. The van der Waals surface area contributed by atoms with E-state index in [1.54, 1.807) is 12.1 Å². The smallest absolute Gasteiger partial charge is 0.251 e. The van der Waals surface area contributed by atoms with Crippen molar-refractivity contribution in [1.29, 1.82) is 0 Å². The first-order chi connectivity index (χ1) is 12.9. The van der Waals surface area contributed by atoms with Crippen LogP contribution in [0.5, 0.6) is 17.2 Å². The summed E-state index contributed by atoms with van der Waals surface area (Å²) in [6.45, 7) is 2.53. The highest BCUT2D eigenvalue weighted by atomic mass is 16.5. The van der Waals surface area contributed by atoms with Crippen LogP contribution < -0.4 is 19.5 Å². The molecule has 2 aromatic rings. The summed E-state index contributed by atoms with van der Waals surface area (Å²) in [5, 5.41) is 3.00. The minimum absolute atomic E-state index is 0.0663. The van der Waals surface area contributed by atoms with E-state index in [2.05, 4.69) is 41.4 Å². The maximum atomic E-state index is 12.7. The van der Waals surface area contributed by atoms with E-state index in [4.69, 9.17) is 14.2 Å². The minimum atomic E-state index is -0.201. The van der Waals surface area contributed by atoms with Crippen molar-refractivity contribution < 1.29 is 19.0 Å². The molecule has 0 heterocycles. The molecule has 6 heteroatoms. The molecule has 0 aliphatic heterocycles. The molecule has 0 saturated carbocycles. The summed E-state index contributed by atoms with van der Waals surface area (Å²) < 4.78 is 15.9. The Kier molecular flexibility index (Phi) is 7.07. The van der Waals surface area contributed by atoms with Crippen molar-refractivity contribution in [3.63, 3.8) is 0 Å². The monoisotopic (exact) mass is 372 g/mol. The second-order valence-corrected chi connectivity index (χ2v) is 6.51. The normalized spacial score (nSPS) is 11.8. The lowest BCUT2D eigenvalue weighted by Gasteiger charge is -2.25. The molecule has 1 N–H and O–H groups in total. The molecule has 27 heavy (non-hydrogen) atoms. The maximum Gasteiger partial charge on any atom is 0.251 e. The number of hydrogen-bond acceptors (Lipinski definition) is 5. The minimum Gasteiger partial charge on any atom is -0.493 e. The average molecular weight is 372 g/mol. The van der Waals surface area contributed by atoms with Gasteiger partial charge in [0.1, 0.15) is 0 Å². The molecule has 2 rings (SSSR count). The summed E-state index contributed by atoms with van der Waals surface area (Å²) >= 11 is 0. The lowest BCUT2D eigenvalue weighted by atomic mass is 10.0. The molecular formula is C21H28N2O4. The van der Waals surface area contributed by atoms with Crippen molar-refractivity contribution in [2.75, 3.05) is 42.0 Å². The predicted molar refractivity (Wildman–Crippen MR) is 106 cm³/mol. The fourth-order valence-electron chi connectivity index (χ4n) is 2.89. The highest BCUT2D eigenvalue weighted by Gasteiger charge is 2.19. The van der Waals surface area contributed by atoms with Crippen molar-refractivity contribution in [3.8, 4) is 17.2 Å². The number of likely N-dealkylation sites (N-methyl/N-ethyl adjacent to an activating group) is 1. The van der Waals surface area contributed by atoms with Crippen molar-refractivity contribution in [2.24, 2.45) is 0 Å². The van der Waals surface area contributed by atoms with E-state index in [-0.39, 0.29) is 11.9 Å². The van der Waals surface area contributed by atoms with Gasteiger partial charge >= 0.3 is 0 Å². The largest absolute Gasteiger partial charge is 0.493 e. The number of aryl methyl sites for hydroxylation is 1. The Balaban J connectivity index is 2.19. The molecule has 0 unspecified atom stereocenters. The Hall–Kier alpha value is -2.73. The molecule has 0 saturated heterocycles. The summed E-state index contributed by atoms with van der Waals surface area (Å²) in [7, 11) is 8.58. The van der Waals surface area contributed by atoms with Crippen molar-refractivity contribution in [2.45, 2.75) is 13.0 Å². The molecule has 0 aliphatic rings. The van der Waals surface area contributed by atoms with Gasteiger partial charge in [-0.25, -0.2) is 0 Å². The van der Waals surface area contributed by atoms with Gasteiger partial charge in [-0.1, -0.05) is 29.8 Å². The Morgan fingerprint density at radius 1 is 1.00 bits per heavy atom. The molecule has 1 amide bonds. The van der Waals surface area contributed by atoms with Crippen molar-refractivity contribution in [1.82, 2.24) is 10.2 Å². The number of amides is 1. The number of nitrogens with zero attached hydrogens (tertiary/aromatic N) is 1. The predicted octanol–water partition coefficient (Wildman–Crippen LogP) is 3.05. The van der Waals surface area contributed by atoms with Gasteiger partial charge in [0.05, 0.1) is 27.4 Å². The van der Waals surface area contributed by atoms with Gasteiger partial charge in [0.25, 0.3) is 5.91 Å². The van der Waals surface area contributed by atoms with Crippen LogP contribution in [0.4, 0.5) is 0 Å². The zero-order valence-electron chi connectivity index (χ0n) is 16.8. The number of methoxy groups -OCH3 is 3. The Morgan fingerprint density at radius 3 is 2.00 bits per heavy atom. The van der Waals surface area contributed by atoms with Crippen LogP contribution in [0.25, 0.3) is 0 Å². The van der Waals surface area contributed by atoms with Crippen LogP contribution in [-0.2, 0) is 0 Å². The fourth-order valence-corrected chi connectivity index (χ4v) is 2.89. The van der Waals surface area contributed by atoms with Crippen molar-refractivity contribution >= 4 is 5.91 Å². The van der Waals surface area contributed by atoms with E-state index in [1.807, 2.05) is 14.1 Å². The second-order valence-electron chi connectivity index (χ2n) is 6.51. The first kappa shape index (κ1) is 20.6. The third-order valence-electron chi connectivity index (χ3n) is 4.47. The molecule has 0 fully saturated rings. The number of nitrogens with one attached hydrogen (secondary N) is 1. The molecule has 0 radical (unpaired) electrons. The van der Waals surface area contributed by atoms with E-state index < -0.39 is 0 Å². The van der Waals surface area contributed by atoms with Gasteiger partial charge in [0.15, 0.2) is 11.5 Å². The summed E-state index contributed by atoms with van der Waals surface area (Å²) in [5.41, 5.74) is 2.81. The summed E-state index contributed by atoms with van der Waals surface area (Å²) in [6, 6.07) is 11.7.